The van der Waals surface area contributed by atoms with Gasteiger partial charge in [-0.05, 0) is 50.3 Å². The van der Waals surface area contributed by atoms with E-state index in [-0.39, 0.29) is 37.5 Å². The number of halogens is 2. The summed E-state index contributed by atoms with van der Waals surface area (Å²) < 4.78 is 52.7. The minimum Gasteiger partial charge on any atom is -0.370 e. The second kappa shape index (κ2) is 10.7. The number of benzene rings is 2. The summed E-state index contributed by atoms with van der Waals surface area (Å²) >= 11 is 0. The van der Waals surface area contributed by atoms with Crippen molar-refractivity contribution in [3.63, 3.8) is 0 Å². The van der Waals surface area contributed by atoms with Gasteiger partial charge < -0.3 is 24.3 Å². The number of fused-ring (bicyclic) bond motifs is 1. The largest absolute Gasteiger partial charge is 0.370 e. The molecule has 202 valence electrons. The van der Waals surface area contributed by atoms with Gasteiger partial charge in [-0.3, -0.25) is 4.79 Å². The van der Waals surface area contributed by atoms with Crippen molar-refractivity contribution >= 4 is 5.91 Å². The van der Waals surface area contributed by atoms with Gasteiger partial charge in [-0.25, -0.2) is 8.78 Å². The number of carbonyl (C=O) groups is 1. The van der Waals surface area contributed by atoms with Crippen molar-refractivity contribution in [1.29, 1.82) is 5.26 Å². The quantitative estimate of drug-likeness (QED) is 0.517. The molecule has 0 radical (unpaired) electrons. The molecule has 2 aromatic carbocycles. The van der Waals surface area contributed by atoms with Crippen LogP contribution in [0.4, 0.5) is 8.78 Å². The van der Waals surface area contributed by atoms with Crippen molar-refractivity contribution in [2.24, 2.45) is 5.92 Å². The molecule has 2 aliphatic carbocycles. The Morgan fingerprint density at radius 1 is 1.11 bits per heavy atom. The Bertz CT molecular complexity index is 1230. The Hall–Kier alpha value is -2.90. The fourth-order valence-electron chi connectivity index (χ4n) is 5.23. The zero-order valence-corrected chi connectivity index (χ0v) is 21.5. The fraction of sp³-hybridized carbons (Fsp3) is 0.517. The van der Waals surface area contributed by atoms with Crippen molar-refractivity contribution in [2.45, 2.75) is 82.4 Å². The van der Waals surface area contributed by atoms with Crippen molar-refractivity contribution < 1.29 is 32.5 Å². The number of hydrogen-bond acceptors (Lipinski definition) is 6. The summed E-state index contributed by atoms with van der Waals surface area (Å²) in [7, 11) is 0. The maximum absolute atomic E-state index is 14.3. The highest BCUT2D eigenvalue weighted by Gasteiger charge is 2.58. The number of nitrogens with one attached hydrogen (secondary N) is 1. The Balaban J connectivity index is 1.42. The standard InChI is InChI=1S/C29H32F2N2O5/c1-28(2)37-25-13-29(27(34)33-15-18-7-8-18,36-17-20-6-4-3-5-19(20)14-32)12-24(26(25)38-28)35-16-21-9-10-22(30)11-23(21)31/h3-6,9-11,18,24-26H,7-8,12-13,15-17H2,1-2H3,(H,33,34)/t24-,25-,26+,29-/m1/s1. The van der Waals surface area contributed by atoms with Crippen LogP contribution in [0.3, 0.4) is 0 Å². The predicted molar refractivity (Wildman–Crippen MR) is 132 cm³/mol. The van der Waals surface area contributed by atoms with Crippen LogP contribution >= 0.6 is 0 Å². The number of nitrogens with zero attached hydrogens (tertiary/aromatic N) is 1. The molecule has 1 saturated heterocycles. The topological polar surface area (TPSA) is 89.8 Å². The van der Waals surface area contributed by atoms with Crippen LogP contribution in [-0.4, -0.2) is 42.2 Å². The number of ether oxygens (including phenoxy) is 4. The molecule has 4 atom stereocenters. The lowest BCUT2D eigenvalue weighted by Crippen LogP contribution is -2.60. The van der Waals surface area contributed by atoms with Crippen LogP contribution in [0.25, 0.3) is 0 Å². The van der Waals surface area contributed by atoms with E-state index in [9.17, 15) is 18.8 Å². The van der Waals surface area contributed by atoms with E-state index >= 15 is 0 Å². The molecule has 0 bridgehead atoms. The van der Waals surface area contributed by atoms with Gasteiger partial charge >= 0.3 is 0 Å². The highest BCUT2D eigenvalue weighted by molar-refractivity contribution is 5.85. The average molecular weight is 527 g/mol. The highest BCUT2D eigenvalue weighted by Crippen LogP contribution is 2.44. The molecule has 0 spiro atoms. The van der Waals surface area contributed by atoms with Gasteiger partial charge in [0.2, 0.25) is 0 Å². The number of rotatable bonds is 9. The summed E-state index contributed by atoms with van der Waals surface area (Å²) in [6.07, 6.45) is 0.840. The second-order valence-corrected chi connectivity index (χ2v) is 10.8. The molecule has 2 aromatic rings. The van der Waals surface area contributed by atoms with Crippen LogP contribution in [-0.2, 0) is 37.0 Å². The third-order valence-electron chi connectivity index (χ3n) is 7.42. The molecule has 1 amide bonds. The average Bonchev–Trinajstić information content (AvgIpc) is 3.66. The van der Waals surface area contributed by atoms with E-state index in [0.717, 1.165) is 18.9 Å². The molecular weight excluding hydrogens is 494 g/mol. The van der Waals surface area contributed by atoms with Gasteiger partial charge in [0, 0.05) is 31.0 Å². The first-order valence-corrected chi connectivity index (χ1v) is 13.0. The molecule has 3 aliphatic rings. The summed E-state index contributed by atoms with van der Waals surface area (Å²) in [6.45, 7) is 4.05. The van der Waals surface area contributed by atoms with Gasteiger partial charge in [0.1, 0.15) is 17.7 Å². The summed E-state index contributed by atoms with van der Waals surface area (Å²) in [4.78, 5) is 13.7. The number of nitriles is 1. The molecule has 2 saturated carbocycles. The lowest BCUT2D eigenvalue weighted by Gasteiger charge is -2.43. The van der Waals surface area contributed by atoms with Gasteiger partial charge in [-0.15, -0.1) is 0 Å². The minimum atomic E-state index is -1.32. The molecule has 0 unspecified atom stereocenters. The van der Waals surface area contributed by atoms with Crippen LogP contribution in [0.15, 0.2) is 42.5 Å². The first-order valence-electron chi connectivity index (χ1n) is 13.0. The zero-order valence-electron chi connectivity index (χ0n) is 21.5. The monoisotopic (exact) mass is 526 g/mol. The Kier molecular flexibility index (Phi) is 7.51. The number of amides is 1. The fourth-order valence-corrected chi connectivity index (χ4v) is 5.23. The second-order valence-electron chi connectivity index (χ2n) is 10.8. The molecule has 1 N–H and O–H groups in total. The van der Waals surface area contributed by atoms with E-state index in [0.29, 0.717) is 23.6 Å². The van der Waals surface area contributed by atoms with E-state index in [2.05, 4.69) is 11.4 Å². The Morgan fingerprint density at radius 2 is 1.89 bits per heavy atom. The minimum absolute atomic E-state index is 0.0432. The van der Waals surface area contributed by atoms with E-state index < -0.39 is 41.3 Å². The zero-order chi connectivity index (χ0) is 26.9. The van der Waals surface area contributed by atoms with Crippen LogP contribution in [0.2, 0.25) is 0 Å². The van der Waals surface area contributed by atoms with Crippen LogP contribution < -0.4 is 5.32 Å². The smallest absolute Gasteiger partial charge is 0.252 e. The maximum Gasteiger partial charge on any atom is 0.252 e. The van der Waals surface area contributed by atoms with Gasteiger partial charge in [0.25, 0.3) is 5.91 Å². The SMILES string of the molecule is CC1(C)O[C@H]2[C@H](OCc3ccc(F)cc3F)C[C@](OCc3ccccc3C#N)(C(=O)NCC3CC3)C[C@H]2O1. The van der Waals surface area contributed by atoms with Gasteiger partial charge in [0.05, 0.1) is 37.1 Å². The van der Waals surface area contributed by atoms with Gasteiger partial charge in [-0.2, -0.15) is 5.26 Å². The number of hydrogen-bond donors (Lipinski definition) is 1. The molecule has 3 fully saturated rings. The first kappa shape index (κ1) is 26.7. The summed E-state index contributed by atoms with van der Waals surface area (Å²) in [5.74, 6) is -2.10. The summed E-state index contributed by atoms with van der Waals surface area (Å²) in [5, 5.41) is 12.6. The van der Waals surface area contributed by atoms with Gasteiger partial charge in [0.15, 0.2) is 11.4 Å². The van der Waals surface area contributed by atoms with Crippen LogP contribution in [0.5, 0.6) is 0 Å². The number of carbonyl (C=O) groups excluding carboxylic acids is 1. The van der Waals surface area contributed by atoms with Crippen molar-refractivity contribution in [2.75, 3.05) is 6.54 Å². The van der Waals surface area contributed by atoms with E-state index in [4.69, 9.17) is 18.9 Å². The molecule has 1 heterocycles. The molecular formula is C29H32F2N2O5. The maximum atomic E-state index is 14.3. The lowest BCUT2D eigenvalue weighted by molar-refractivity contribution is -0.183. The third-order valence-corrected chi connectivity index (χ3v) is 7.42. The Morgan fingerprint density at radius 3 is 2.63 bits per heavy atom. The molecule has 38 heavy (non-hydrogen) atoms. The molecule has 5 rings (SSSR count). The first-order chi connectivity index (χ1) is 18.2. The van der Waals surface area contributed by atoms with Gasteiger partial charge in [-0.1, -0.05) is 24.3 Å². The molecule has 1 aliphatic heterocycles. The van der Waals surface area contributed by atoms with Crippen LogP contribution in [0.1, 0.15) is 56.2 Å². The predicted octanol–water partition coefficient (Wildman–Crippen LogP) is 4.52. The lowest BCUT2D eigenvalue weighted by atomic mass is 9.78. The van der Waals surface area contributed by atoms with E-state index in [1.54, 1.807) is 32.0 Å². The Labute approximate surface area is 221 Å². The highest BCUT2D eigenvalue weighted by atomic mass is 19.1. The molecule has 7 nitrogen and oxygen atoms in total. The third kappa shape index (κ3) is 5.89. The molecule has 9 heteroatoms. The molecule has 0 aromatic heterocycles. The van der Waals surface area contributed by atoms with E-state index in [1.807, 2.05) is 6.07 Å². The van der Waals surface area contributed by atoms with Crippen LogP contribution in [0, 0.1) is 28.9 Å². The van der Waals surface area contributed by atoms with Crippen molar-refractivity contribution in [3.05, 3.63) is 70.8 Å². The summed E-state index contributed by atoms with van der Waals surface area (Å²) in [6, 6.07) is 12.6. The van der Waals surface area contributed by atoms with Crippen molar-refractivity contribution in [1.82, 2.24) is 5.32 Å². The van der Waals surface area contributed by atoms with Crippen molar-refractivity contribution in [3.8, 4) is 6.07 Å². The normalized spacial score (nSPS) is 27.9. The summed E-state index contributed by atoms with van der Waals surface area (Å²) in [5.41, 5.74) is 0.00511. The van der Waals surface area contributed by atoms with E-state index in [1.165, 1.54) is 12.1 Å².